The van der Waals surface area contributed by atoms with E-state index in [2.05, 4.69) is 26.1 Å². The largest absolute Gasteiger partial charge is 0.301 e. The Labute approximate surface area is 121 Å². The number of hydrogen-bond acceptors (Lipinski definition) is 5. The van der Waals surface area contributed by atoms with Crippen molar-refractivity contribution in [2.45, 2.75) is 13.0 Å². The van der Waals surface area contributed by atoms with Crippen molar-refractivity contribution in [3.8, 4) is 0 Å². The Morgan fingerprint density at radius 2 is 1.90 bits per heavy atom. The van der Waals surface area contributed by atoms with Gasteiger partial charge in [0.25, 0.3) is 11.8 Å². The molecule has 3 rings (SSSR count). The number of imide groups is 1. The third kappa shape index (κ3) is 1.54. The minimum absolute atomic E-state index is 0.228. The molecule has 2 heterocycles. The zero-order valence-corrected chi connectivity index (χ0v) is 12.2. The molecule has 102 valence electrons. The number of halogens is 1. The standard InChI is InChI=1S/C12H9BrN4O3/c1-5(4-18)17-14-7-3-6(13)8-9(10(7)15-17)12(20)16(2)11(8)19/h3-5H,1-2H3. The molecule has 0 saturated carbocycles. The van der Waals surface area contributed by atoms with Crippen molar-refractivity contribution in [3.63, 3.8) is 0 Å². The quantitative estimate of drug-likeness (QED) is 0.607. The second-order valence-electron chi connectivity index (χ2n) is 4.54. The Bertz CT molecular complexity index is 783. The van der Waals surface area contributed by atoms with Crippen LogP contribution in [-0.2, 0) is 4.79 Å². The molecule has 8 heteroatoms. The average molecular weight is 337 g/mol. The summed E-state index contributed by atoms with van der Waals surface area (Å²) in [5.41, 5.74) is 1.31. The molecule has 0 spiro atoms. The highest BCUT2D eigenvalue weighted by Gasteiger charge is 2.38. The topological polar surface area (TPSA) is 85.2 Å². The number of hydrogen-bond donors (Lipinski definition) is 0. The lowest BCUT2D eigenvalue weighted by Crippen LogP contribution is -2.24. The number of amides is 2. The Balaban J connectivity index is 2.36. The van der Waals surface area contributed by atoms with E-state index in [1.165, 1.54) is 11.8 Å². The number of carbonyl (C=O) groups excluding carboxylic acids is 3. The number of carbonyl (C=O) groups is 3. The molecule has 0 fully saturated rings. The van der Waals surface area contributed by atoms with Crippen LogP contribution in [0, 0.1) is 0 Å². The molecular weight excluding hydrogens is 328 g/mol. The SMILES string of the molecule is CC(C=O)n1nc2cc(Br)c3c(c2n1)C(=O)N(C)C3=O. The minimum atomic E-state index is -0.540. The van der Waals surface area contributed by atoms with Crippen LogP contribution in [0.25, 0.3) is 11.0 Å². The molecule has 1 aromatic heterocycles. The summed E-state index contributed by atoms with van der Waals surface area (Å²) >= 11 is 3.28. The van der Waals surface area contributed by atoms with E-state index in [0.717, 1.165) is 4.90 Å². The van der Waals surface area contributed by atoms with Gasteiger partial charge in [0.15, 0.2) is 0 Å². The molecule has 1 aliphatic rings. The van der Waals surface area contributed by atoms with Gasteiger partial charge < -0.3 is 4.79 Å². The molecule has 1 unspecified atom stereocenters. The van der Waals surface area contributed by atoms with Crippen molar-refractivity contribution in [2.75, 3.05) is 7.05 Å². The zero-order chi connectivity index (χ0) is 14.6. The number of fused-ring (bicyclic) bond motifs is 3. The summed E-state index contributed by atoms with van der Waals surface area (Å²) in [5.74, 6) is -0.793. The van der Waals surface area contributed by atoms with Gasteiger partial charge in [-0.15, -0.1) is 0 Å². The molecule has 0 aliphatic carbocycles. The molecule has 0 N–H and O–H groups in total. The number of nitrogens with zero attached hydrogens (tertiary/aromatic N) is 4. The van der Waals surface area contributed by atoms with Crippen LogP contribution >= 0.6 is 15.9 Å². The van der Waals surface area contributed by atoms with Crippen molar-refractivity contribution < 1.29 is 14.4 Å². The van der Waals surface area contributed by atoms with Crippen LogP contribution in [0.3, 0.4) is 0 Å². The summed E-state index contributed by atoms with van der Waals surface area (Å²) in [7, 11) is 1.42. The fourth-order valence-corrected chi connectivity index (χ4v) is 2.71. The molecule has 0 saturated heterocycles. The maximum atomic E-state index is 12.2. The van der Waals surface area contributed by atoms with Gasteiger partial charge in [-0.3, -0.25) is 14.5 Å². The fraction of sp³-hybridized carbons (Fsp3) is 0.250. The van der Waals surface area contributed by atoms with E-state index in [9.17, 15) is 14.4 Å². The summed E-state index contributed by atoms with van der Waals surface area (Å²) in [4.78, 5) is 37.3. The minimum Gasteiger partial charge on any atom is -0.301 e. The highest BCUT2D eigenvalue weighted by Crippen LogP contribution is 2.34. The van der Waals surface area contributed by atoms with Gasteiger partial charge in [0, 0.05) is 11.5 Å². The van der Waals surface area contributed by atoms with Crippen molar-refractivity contribution in [1.82, 2.24) is 19.9 Å². The third-order valence-corrected chi connectivity index (χ3v) is 3.87. The van der Waals surface area contributed by atoms with Crippen LogP contribution in [-0.4, -0.2) is 45.0 Å². The first-order valence-corrected chi connectivity index (χ1v) is 6.61. The lowest BCUT2D eigenvalue weighted by Gasteiger charge is -2.03. The fourth-order valence-electron chi connectivity index (χ4n) is 2.12. The van der Waals surface area contributed by atoms with Gasteiger partial charge >= 0.3 is 0 Å². The monoisotopic (exact) mass is 336 g/mol. The molecule has 2 amide bonds. The maximum Gasteiger partial charge on any atom is 0.263 e. The number of aromatic nitrogens is 3. The van der Waals surface area contributed by atoms with E-state index in [0.29, 0.717) is 21.8 Å². The highest BCUT2D eigenvalue weighted by molar-refractivity contribution is 9.10. The second-order valence-corrected chi connectivity index (χ2v) is 5.40. The van der Waals surface area contributed by atoms with E-state index in [1.807, 2.05) is 0 Å². The molecule has 0 radical (unpaired) electrons. The average Bonchev–Trinajstić information content (AvgIpc) is 2.94. The summed E-state index contributed by atoms with van der Waals surface area (Å²) in [6, 6.07) is 1.08. The Kier molecular flexibility index (Phi) is 2.72. The second kappa shape index (κ2) is 4.20. The van der Waals surface area contributed by atoms with Gasteiger partial charge in [-0.05, 0) is 28.9 Å². The van der Waals surface area contributed by atoms with Gasteiger partial charge in [-0.1, -0.05) is 0 Å². The van der Waals surface area contributed by atoms with Gasteiger partial charge in [0.1, 0.15) is 23.4 Å². The van der Waals surface area contributed by atoms with Crippen LogP contribution in [0.2, 0.25) is 0 Å². The first-order chi connectivity index (χ1) is 9.45. The van der Waals surface area contributed by atoms with Gasteiger partial charge in [0.2, 0.25) is 0 Å². The van der Waals surface area contributed by atoms with Gasteiger partial charge in [-0.2, -0.15) is 15.0 Å². The van der Waals surface area contributed by atoms with Crippen molar-refractivity contribution in [2.24, 2.45) is 0 Å². The summed E-state index contributed by atoms with van der Waals surface area (Å²) in [6.45, 7) is 1.64. The molecular formula is C12H9BrN4O3. The van der Waals surface area contributed by atoms with Crippen LogP contribution in [0.1, 0.15) is 33.7 Å². The first kappa shape index (κ1) is 12.9. The summed E-state index contributed by atoms with van der Waals surface area (Å²) < 4.78 is 0.494. The lowest BCUT2D eigenvalue weighted by molar-refractivity contribution is -0.110. The predicted octanol–water partition coefficient (Wildman–Crippen LogP) is 1.18. The smallest absolute Gasteiger partial charge is 0.263 e. The molecule has 2 aromatic rings. The lowest BCUT2D eigenvalue weighted by atomic mass is 10.1. The number of rotatable bonds is 2. The van der Waals surface area contributed by atoms with Crippen molar-refractivity contribution in [3.05, 3.63) is 21.7 Å². The van der Waals surface area contributed by atoms with Crippen LogP contribution < -0.4 is 0 Å². The molecule has 20 heavy (non-hydrogen) atoms. The third-order valence-electron chi connectivity index (χ3n) is 3.24. The zero-order valence-electron chi connectivity index (χ0n) is 10.6. The van der Waals surface area contributed by atoms with E-state index in [-0.39, 0.29) is 17.0 Å². The maximum absolute atomic E-state index is 12.2. The van der Waals surface area contributed by atoms with Crippen LogP contribution in [0.4, 0.5) is 0 Å². The van der Waals surface area contributed by atoms with E-state index in [1.54, 1.807) is 13.0 Å². The predicted molar refractivity (Wildman–Crippen MR) is 72.4 cm³/mol. The Hall–Kier alpha value is -2.09. The van der Waals surface area contributed by atoms with Crippen molar-refractivity contribution in [1.29, 1.82) is 0 Å². The number of benzene rings is 1. The normalized spacial score (nSPS) is 15.8. The van der Waals surface area contributed by atoms with E-state index in [4.69, 9.17) is 0 Å². The Morgan fingerprint density at radius 3 is 2.55 bits per heavy atom. The molecule has 1 atom stereocenters. The number of aldehydes is 1. The first-order valence-electron chi connectivity index (χ1n) is 5.82. The summed E-state index contributed by atoms with van der Waals surface area (Å²) in [6.07, 6.45) is 0.702. The van der Waals surface area contributed by atoms with Crippen LogP contribution in [0.5, 0.6) is 0 Å². The van der Waals surface area contributed by atoms with Crippen molar-refractivity contribution >= 4 is 45.1 Å². The molecule has 1 aliphatic heterocycles. The Morgan fingerprint density at radius 1 is 1.25 bits per heavy atom. The van der Waals surface area contributed by atoms with Gasteiger partial charge in [-0.25, -0.2) is 0 Å². The summed E-state index contributed by atoms with van der Waals surface area (Å²) in [5, 5.41) is 8.34. The molecule has 0 bridgehead atoms. The van der Waals surface area contributed by atoms with E-state index < -0.39 is 11.9 Å². The van der Waals surface area contributed by atoms with Crippen LogP contribution in [0.15, 0.2) is 10.5 Å². The van der Waals surface area contributed by atoms with Gasteiger partial charge in [0.05, 0.1) is 11.1 Å². The molecule has 7 nitrogen and oxygen atoms in total. The van der Waals surface area contributed by atoms with E-state index >= 15 is 0 Å². The highest BCUT2D eigenvalue weighted by atomic mass is 79.9. The molecule has 1 aromatic carbocycles.